The van der Waals surface area contributed by atoms with Gasteiger partial charge in [-0.3, -0.25) is 0 Å². The van der Waals surface area contributed by atoms with Crippen LogP contribution in [0, 0.1) is 0 Å². The standard InChI is InChI=1S/C19H18N2O/c1-21-12-11-18-17(13-21)19(20-22-18)16-9-7-15(8-10-16)14-5-3-2-4-6-14/h2-10H,11-13H2,1H3. The third kappa shape index (κ3) is 2.34. The molecule has 1 aliphatic heterocycles. The van der Waals surface area contributed by atoms with Crippen molar-refractivity contribution in [1.82, 2.24) is 10.1 Å². The maximum atomic E-state index is 5.53. The van der Waals surface area contributed by atoms with Crippen LogP contribution in [0.3, 0.4) is 0 Å². The number of nitrogens with zero attached hydrogens (tertiary/aromatic N) is 2. The predicted molar refractivity (Wildman–Crippen MR) is 87.4 cm³/mol. The number of hydrogen-bond donors (Lipinski definition) is 0. The number of benzene rings is 2. The van der Waals surface area contributed by atoms with Crippen LogP contribution in [0.5, 0.6) is 0 Å². The van der Waals surface area contributed by atoms with Gasteiger partial charge in [-0.1, -0.05) is 59.8 Å². The highest BCUT2D eigenvalue weighted by Gasteiger charge is 2.22. The van der Waals surface area contributed by atoms with Gasteiger partial charge in [0.15, 0.2) is 0 Å². The van der Waals surface area contributed by atoms with E-state index in [0.29, 0.717) is 0 Å². The minimum Gasteiger partial charge on any atom is -0.360 e. The van der Waals surface area contributed by atoms with Crippen LogP contribution >= 0.6 is 0 Å². The van der Waals surface area contributed by atoms with Gasteiger partial charge in [0.1, 0.15) is 11.5 Å². The Morgan fingerprint density at radius 1 is 0.909 bits per heavy atom. The highest BCUT2D eigenvalue weighted by Crippen LogP contribution is 2.30. The van der Waals surface area contributed by atoms with Gasteiger partial charge >= 0.3 is 0 Å². The number of hydrogen-bond acceptors (Lipinski definition) is 3. The zero-order chi connectivity index (χ0) is 14.9. The summed E-state index contributed by atoms with van der Waals surface area (Å²) in [6, 6.07) is 19.0. The van der Waals surface area contributed by atoms with Gasteiger partial charge in [0.05, 0.1) is 0 Å². The molecule has 2 aromatic carbocycles. The van der Waals surface area contributed by atoms with Gasteiger partial charge in [-0.15, -0.1) is 0 Å². The lowest BCUT2D eigenvalue weighted by molar-refractivity contribution is 0.281. The second-order valence-electron chi connectivity index (χ2n) is 5.86. The van der Waals surface area contributed by atoms with E-state index in [1.807, 2.05) is 6.07 Å². The van der Waals surface area contributed by atoms with Gasteiger partial charge < -0.3 is 9.42 Å². The Morgan fingerprint density at radius 3 is 2.36 bits per heavy atom. The zero-order valence-corrected chi connectivity index (χ0v) is 12.6. The number of aromatic nitrogens is 1. The quantitative estimate of drug-likeness (QED) is 0.714. The van der Waals surface area contributed by atoms with Crippen LogP contribution in [-0.4, -0.2) is 23.6 Å². The van der Waals surface area contributed by atoms with E-state index in [0.717, 1.165) is 36.5 Å². The average molecular weight is 290 g/mol. The molecule has 0 atom stereocenters. The first kappa shape index (κ1) is 13.3. The Morgan fingerprint density at radius 2 is 1.59 bits per heavy atom. The molecule has 0 fully saturated rings. The van der Waals surface area contributed by atoms with Gasteiger partial charge in [-0.25, -0.2) is 0 Å². The van der Waals surface area contributed by atoms with Crippen LogP contribution in [0.4, 0.5) is 0 Å². The Kier molecular flexibility index (Phi) is 3.28. The molecule has 2 heterocycles. The fourth-order valence-electron chi connectivity index (χ4n) is 3.02. The van der Waals surface area contributed by atoms with Gasteiger partial charge in [0, 0.05) is 30.6 Å². The average Bonchev–Trinajstić information content (AvgIpc) is 2.99. The molecular formula is C19H18N2O. The maximum Gasteiger partial charge on any atom is 0.143 e. The van der Waals surface area contributed by atoms with E-state index in [1.54, 1.807) is 0 Å². The summed E-state index contributed by atoms with van der Waals surface area (Å²) in [5.41, 5.74) is 5.80. The first-order chi connectivity index (χ1) is 10.8. The van der Waals surface area contributed by atoms with E-state index < -0.39 is 0 Å². The van der Waals surface area contributed by atoms with Crippen LogP contribution in [0.2, 0.25) is 0 Å². The third-order valence-corrected chi connectivity index (χ3v) is 4.28. The van der Waals surface area contributed by atoms with Crippen molar-refractivity contribution < 1.29 is 4.52 Å². The minimum atomic E-state index is 0.911. The summed E-state index contributed by atoms with van der Waals surface area (Å²) in [4.78, 5) is 2.31. The van der Waals surface area contributed by atoms with E-state index in [4.69, 9.17) is 4.52 Å². The molecule has 0 amide bonds. The van der Waals surface area contributed by atoms with E-state index in [2.05, 4.69) is 65.6 Å². The lowest BCUT2D eigenvalue weighted by Crippen LogP contribution is -2.25. The smallest absolute Gasteiger partial charge is 0.143 e. The van der Waals surface area contributed by atoms with Crippen LogP contribution in [0.15, 0.2) is 59.1 Å². The second kappa shape index (κ2) is 5.43. The summed E-state index contributed by atoms with van der Waals surface area (Å²) in [5, 5.41) is 4.30. The normalized spacial score (nSPS) is 14.8. The van der Waals surface area contributed by atoms with Gasteiger partial charge in [-0.2, -0.15) is 0 Å². The van der Waals surface area contributed by atoms with Gasteiger partial charge in [0.2, 0.25) is 0 Å². The summed E-state index contributed by atoms with van der Waals surface area (Å²) in [5.74, 6) is 1.04. The molecule has 22 heavy (non-hydrogen) atoms. The molecule has 4 rings (SSSR count). The SMILES string of the molecule is CN1CCc2onc(-c3ccc(-c4ccccc4)cc3)c2C1. The molecule has 3 nitrogen and oxygen atoms in total. The van der Waals surface area contributed by atoms with E-state index in [1.165, 1.54) is 16.7 Å². The molecule has 3 heteroatoms. The van der Waals surface area contributed by atoms with Crippen LogP contribution in [-0.2, 0) is 13.0 Å². The largest absolute Gasteiger partial charge is 0.360 e. The third-order valence-electron chi connectivity index (χ3n) is 4.28. The molecule has 1 aliphatic rings. The molecule has 3 aromatic rings. The predicted octanol–water partition coefficient (Wildman–Crippen LogP) is 4.00. The second-order valence-corrected chi connectivity index (χ2v) is 5.86. The first-order valence-electron chi connectivity index (χ1n) is 7.63. The zero-order valence-electron chi connectivity index (χ0n) is 12.6. The van der Waals surface area contributed by atoms with Crippen LogP contribution < -0.4 is 0 Å². The number of likely N-dealkylation sites (N-methyl/N-ethyl adjacent to an activating group) is 1. The Hall–Kier alpha value is -2.39. The Labute approximate surface area is 130 Å². The lowest BCUT2D eigenvalue weighted by Gasteiger charge is -2.21. The monoisotopic (exact) mass is 290 g/mol. The number of rotatable bonds is 2. The van der Waals surface area contributed by atoms with E-state index in [9.17, 15) is 0 Å². The Balaban J connectivity index is 1.69. The number of fused-ring (bicyclic) bond motifs is 1. The molecule has 110 valence electrons. The van der Waals surface area contributed by atoms with Crippen molar-refractivity contribution in [2.75, 3.05) is 13.6 Å². The molecule has 0 saturated carbocycles. The van der Waals surface area contributed by atoms with Crippen molar-refractivity contribution in [2.24, 2.45) is 0 Å². The van der Waals surface area contributed by atoms with Crippen LogP contribution in [0.1, 0.15) is 11.3 Å². The lowest BCUT2D eigenvalue weighted by atomic mass is 9.99. The molecule has 0 spiro atoms. The first-order valence-corrected chi connectivity index (χ1v) is 7.63. The van der Waals surface area contributed by atoms with Gasteiger partial charge in [-0.05, 0) is 18.2 Å². The molecule has 0 saturated heterocycles. The van der Waals surface area contributed by atoms with Crippen molar-refractivity contribution in [3.8, 4) is 22.4 Å². The molecule has 0 radical (unpaired) electrons. The van der Waals surface area contributed by atoms with Crippen molar-refractivity contribution in [3.63, 3.8) is 0 Å². The maximum absolute atomic E-state index is 5.53. The van der Waals surface area contributed by atoms with Crippen LogP contribution in [0.25, 0.3) is 22.4 Å². The molecular weight excluding hydrogens is 272 g/mol. The minimum absolute atomic E-state index is 0.911. The van der Waals surface area contributed by atoms with Crippen molar-refractivity contribution in [3.05, 3.63) is 65.9 Å². The summed E-state index contributed by atoms with van der Waals surface area (Å²) < 4.78 is 5.53. The van der Waals surface area contributed by atoms with Crippen molar-refractivity contribution >= 4 is 0 Å². The fourth-order valence-corrected chi connectivity index (χ4v) is 3.02. The highest BCUT2D eigenvalue weighted by atomic mass is 16.5. The van der Waals surface area contributed by atoms with Gasteiger partial charge in [0.25, 0.3) is 0 Å². The molecule has 0 N–H and O–H groups in total. The molecule has 1 aromatic heterocycles. The summed E-state index contributed by atoms with van der Waals surface area (Å²) in [6.45, 7) is 1.95. The fraction of sp³-hybridized carbons (Fsp3) is 0.211. The molecule has 0 aliphatic carbocycles. The summed E-state index contributed by atoms with van der Waals surface area (Å²) in [7, 11) is 2.14. The summed E-state index contributed by atoms with van der Waals surface area (Å²) in [6.07, 6.45) is 0.945. The topological polar surface area (TPSA) is 29.3 Å². The van der Waals surface area contributed by atoms with Crippen molar-refractivity contribution in [1.29, 1.82) is 0 Å². The Bertz CT molecular complexity index is 775. The summed E-state index contributed by atoms with van der Waals surface area (Å²) >= 11 is 0. The molecule has 0 bridgehead atoms. The van der Waals surface area contributed by atoms with E-state index in [-0.39, 0.29) is 0 Å². The van der Waals surface area contributed by atoms with Crippen molar-refractivity contribution in [2.45, 2.75) is 13.0 Å². The highest BCUT2D eigenvalue weighted by molar-refractivity contribution is 5.70. The molecule has 0 unspecified atom stereocenters. The van der Waals surface area contributed by atoms with E-state index >= 15 is 0 Å².